The van der Waals surface area contributed by atoms with Crippen LogP contribution >= 0.6 is 0 Å². The second kappa shape index (κ2) is 9.58. The number of piperidine rings is 1. The number of fused-ring (bicyclic) bond motifs is 1. The minimum Gasteiger partial charge on any atom is -0.465 e. The highest BCUT2D eigenvalue weighted by molar-refractivity contribution is 5.94. The first-order valence-electron chi connectivity index (χ1n) is 11.4. The Morgan fingerprint density at radius 3 is 2.52 bits per heavy atom. The van der Waals surface area contributed by atoms with Crippen molar-refractivity contribution in [2.75, 3.05) is 24.8 Å². The van der Waals surface area contributed by atoms with Crippen molar-refractivity contribution in [2.45, 2.75) is 38.9 Å². The van der Waals surface area contributed by atoms with Crippen molar-refractivity contribution < 1.29 is 18.7 Å². The summed E-state index contributed by atoms with van der Waals surface area (Å²) in [4.78, 5) is 15.0. The zero-order valence-corrected chi connectivity index (χ0v) is 18.8. The monoisotopic (exact) mass is 447 g/mol. The molecule has 1 saturated heterocycles. The Balaban J connectivity index is 1.09. The Kier molecular flexibility index (Phi) is 6.21. The molecular formula is C26H29N3O4. The Hall–Kier alpha value is -3.45. The van der Waals surface area contributed by atoms with Crippen LogP contribution in [0, 0.1) is 6.92 Å². The Labute approximate surface area is 193 Å². The van der Waals surface area contributed by atoms with Crippen LogP contribution in [-0.2, 0) is 13.1 Å². The molecule has 3 heterocycles. The number of carbonyl (C=O) groups excluding carboxylic acids is 1. The summed E-state index contributed by atoms with van der Waals surface area (Å²) in [6.07, 6.45) is 2.16. The highest BCUT2D eigenvalue weighted by Gasteiger charge is 2.20. The van der Waals surface area contributed by atoms with E-state index in [1.165, 1.54) is 0 Å². The largest absolute Gasteiger partial charge is 0.465 e. The molecule has 1 aromatic heterocycles. The van der Waals surface area contributed by atoms with Gasteiger partial charge in [0.15, 0.2) is 11.5 Å². The molecule has 172 valence electrons. The van der Waals surface area contributed by atoms with E-state index in [2.05, 4.69) is 15.5 Å². The van der Waals surface area contributed by atoms with E-state index >= 15 is 0 Å². The van der Waals surface area contributed by atoms with Gasteiger partial charge in [0.2, 0.25) is 6.79 Å². The van der Waals surface area contributed by atoms with E-state index in [9.17, 15) is 4.79 Å². The van der Waals surface area contributed by atoms with Crippen molar-refractivity contribution in [3.63, 3.8) is 0 Å². The van der Waals surface area contributed by atoms with Crippen LogP contribution in [0.15, 0.2) is 59.0 Å². The van der Waals surface area contributed by atoms with Crippen LogP contribution in [0.4, 0.5) is 5.69 Å². The van der Waals surface area contributed by atoms with E-state index in [0.717, 1.165) is 66.7 Å². The smallest absolute Gasteiger partial charge is 0.251 e. The Morgan fingerprint density at radius 1 is 0.970 bits per heavy atom. The first kappa shape index (κ1) is 21.4. The van der Waals surface area contributed by atoms with Gasteiger partial charge in [0.1, 0.15) is 11.5 Å². The van der Waals surface area contributed by atoms with Gasteiger partial charge >= 0.3 is 0 Å². The van der Waals surface area contributed by atoms with E-state index in [1.807, 2.05) is 61.5 Å². The van der Waals surface area contributed by atoms with Crippen LogP contribution in [0.3, 0.4) is 0 Å². The van der Waals surface area contributed by atoms with Gasteiger partial charge in [-0.15, -0.1) is 0 Å². The van der Waals surface area contributed by atoms with Crippen LogP contribution in [0.25, 0.3) is 0 Å². The van der Waals surface area contributed by atoms with E-state index in [-0.39, 0.29) is 12.7 Å². The molecule has 0 bridgehead atoms. The van der Waals surface area contributed by atoms with Crippen molar-refractivity contribution >= 4 is 11.6 Å². The van der Waals surface area contributed by atoms with Crippen molar-refractivity contribution in [2.24, 2.45) is 0 Å². The lowest BCUT2D eigenvalue weighted by molar-refractivity contribution is 0.0951. The Bertz CT molecular complexity index is 1100. The molecule has 2 N–H and O–H groups in total. The number of hydrogen-bond acceptors (Lipinski definition) is 6. The maximum absolute atomic E-state index is 12.6. The molecule has 1 fully saturated rings. The highest BCUT2D eigenvalue weighted by Crippen LogP contribution is 2.32. The van der Waals surface area contributed by atoms with Crippen LogP contribution < -0.4 is 25.0 Å². The number of anilines is 1. The number of carbonyl (C=O) groups is 1. The molecule has 0 saturated carbocycles. The molecule has 2 aliphatic heterocycles. The SMILES string of the molecule is Cc1ccc(CNC2CCN(c3ccc(C(=O)NCc4ccc5c(c4)OCO5)cc3)CC2)o1. The number of aryl methyl sites for hydroxylation is 1. The van der Waals surface area contributed by atoms with E-state index < -0.39 is 0 Å². The number of rotatable bonds is 7. The number of hydrogen-bond donors (Lipinski definition) is 2. The van der Waals surface area contributed by atoms with Crippen LogP contribution in [0.1, 0.15) is 40.3 Å². The van der Waals surface area contributed by atoms with Gasteiger partial charge in [-0.3, -0.25) is 4.79 Å². The third kappa shape index (κ3) is 5.14. The molecule has 0 radical (unpaired) electrons. The summed E-state index contributed by atoms with van der Waals surface area (Å²) < 4.78 is 16.4. The van der Waals surface area contributed by atoms with Crippen molar-refractivity contribution in [1.82, 2.24) is 10.6 Å². The molecule has 2 aliphatic rings. The summed E-state index contributed by atoms with van der Waals surface area (Å²) in [5, 5.41) is 6.58. The molecule has 0 unspecified atom stereocenters. The first-order chi connectivity index (χ1) is 16.1. The lowest BCUT2D eigenvalue weighted by Gasteiger charge is -2.34. The molecule has 2 aromatic carbocycles. The third-order valence-electron chi connectivity index (χ3n) is 6.24. The quantitative estimate of drug-likeness (QED) is 0.570. The van der Waals surface area contributed by atoms with Gasteiger partial charge in [-0.1, -0.05) is 6.07 Å². The summed E-state index contributed by atoms with van der Waals surface area (Å²) in [6.45, 7) is 5.41. The summed E-state index contributed by atoms with van der Waals surface area (Å²) in [5.41, 5.74) is 2.79. The standard InChI is InChI=1S/C26H29N3O4/c1-18-2-8-23(33-18)16-27-21-10-12-29(13-11-21)22-6-4-20(5-7-22)26(30)28-15-19-3-9-24-25(14-19)32-17-31-24/h2-9,14,21,27H,10-13,15-17H2,1H3,(H,28,30). The fourth-order valence-corrected chi connectivity index (χ4v) is 4.33. The topological polar surface area (TPSA) is 76.0 Å². The molecular weight excluding hydrogens is 418 g/mol. The lowest BCUT2D eigenvalue weighted by atomic mass is 10.0. The maximum Gasteiger partial charge on any atom is 0.251 e. The number of benzene rings is 2. The normalized spacial score (nSPS) is 15.6. The lowest BCUT2D eigenvalue weighted by Crippen LogP contribution is -2.42. The van der Waals surface area contributed by atoms with Crippen LogP contribution in [0.5, 0.6) is 11.5 Å². The van der Waals surface area contributed by atoms with Crippen molar-refractivity contribution in [3.8, 4) is 11.5 Å². The summed E-state index contributed by atoms with van der Waals surface area (Å²) in [7, 11) is 0. The van der Waals surface area contributed by atoms with Crippen molar-refractivity contribution in [1.29, 1.82) is 0 Å². The van der Waals surface area contributed by atoms with Gasteiger partial charge in [-0.2, -0.15) is 0 Å². The minimum absolute atomic E-state index is 0.0877. The van der Waals surface area contributed by atoms with E-state index in [4.69, 9.17) is 13.9 Å². The summed E-state index contributed by atoms with van der Waals surface area (Å²) in [5.74, 6) is 3.32. The number of ether oxygens (including phenoxy) is 2. The van der Waals surface area contributed by atoms with E-state index in [0.29, 0.717) is 18.2 Å². The van der Waals surface area contributed by atoms with Gasteiger partial charge in [0, 0.05) is 36.9 Å². The van der Waals surface area contributed by atoms with Gasteiger partial charge in [-0.05, 0) is 73.9 Å². The zero-order chi connectivity index (χ0) is 22.6. The predicted molar refractivity (Wildman–Crippen MR) is 126 cm³/mol. The molecule has 5 rings (SSSR count). The average Bonchev–Trinajstić information content (AvgIpc) is 3.50. The van der Waals surface area contributed by atoms with Gasteiger partial charge < -0.3 is 29.4 Å². The molecule has 3 aromatic rings. The Morgan fingerprint density at radius 2 is 1.76 bits per heavy atom. The molecule has 7 nitrogen and oxygen atoms in total. The average molecular weight is 448 g/mol. The maximum atomic E-state index is 12.6. The fraction of sp³-hybridized carbons (Fsp3) is 0.346. The van der Waals surface area contributed by atoms with Crippen LogP contribution in [-0.4, -0.2) is 31.8 Å². The number of nitrogens with zero attached hydrogens (tertiary/aromatic N) is 1. The second-order valence-corrected chi connectivity index (χ2v) is 8.57. The van der Waals surface area contributed by atoms with E-state index in [1.54, 1.807) is 0 Å². The van der Waals surface area contributed by atoms with Gasteiger partial charge in [0.05, 0.1) is 6.54 Å². The summed E-state index contributed by atoms with van der Waals surface area (Å²) >= 11 is 0. The van der Waals surface area contributed by atoms with Gasteiger partial charge in [-0.25, -0.2) is 0 Å². The molecule has 0 atom stereocenters. The molecule has 33 heavy (non-hydrogen) atoms. The number of amides is 1. The first-order valence-corrected chi connectivity index (χ1v) is 11.4. The highest BCUT2D eigenvalue weighted by atomic mass is 16.7. The third-order valence-corrected chi connectivity index (χ3v) is 6.24. The molecule has 0 aliphatic carbocycles. The molecule has 1 amide bonds. The molecule has 7 heteroatoms. The number of furan rings is 1. The number of nitrogens with one attached hydrogen (secondary N) is 2. The second-order valence-electron chi connectivity index (χ2n) is 8.57. The summed E-state index contributed by atoms with van der Waals surface area (Å²) in [6, 6.07) is 18.1. The molecule has 0 spiro atoms. The van der Waals surface area contributed by atoms with Crippen LogP contribution in [0.2, 0.25) is 0 Å². The zero-order valence-electron chi connectivity index (χ0n) is 18.8. The fourth-order valence-electron chi connectivity index (χ4n) is 4.33. The van der Waals surface area contributed by atoms with Gasteiger partial charge in [0.25, 0.3) is 5.91 Å². The minimum atomic E-state index is -0.0877. The predicted octanol–water partition coefficient (Wildman–Crippen LogP) is 4.01. The van der Waals surface area contributed by atoms with Crippen molar-refractivity contribution in [3.05, 3.63) is 77.2 Å².